The average molecular weight is 238 g/mol. The smallest absolute Gasteiger partial charge is 0.0994 e. The minimum atomic E-state index is 0.0245. The zero-order valence-corrected chi connectivity index (χ0v) is 10.5. The first-order valence-corrected chi connectivity index (χ1v) is 6.56. The molecule has 1 saturated heterocycles. The van der Waals surface area contributed by atoms with Crippen LogP contribution < -0.4 is 5.73 Å². The summed E-state index contributed by atoms with van der Waals surface area (Å²) in [5.74, 6) is 0. The lowest BCUT2D eigenvalue weighted by molar-refractivity contribution is 0.0993. The van der Waals surface area contributed by atoms with Crippen molar-refractivity contribution in [3.63, 3.8) is 0 Å². The lowest BCUT2D eigenvalue weighted by Crippen LogP contribution is -2.11. The number of ether oxygens (including phenoxy) is 1. The Morgan fingerprint density at radius 1 is 1.65 bits per heavy atom. The minimum Gasteiger partial charge on any atom is -0.378 e. The number of nitrogens with two attached hydrogens (primary N) is 1. The van der Waals surface area contributed by atoms with Gasteiger partial charge in [0.2, 0.25) is 0 Å². The van der Waals surface area contributed by atoms with Crippen molar-refractivity contribution in [1.82, 2.24) is 15.0 Å². The molecule has 0 saturated carbocycles. The van der Waals surface area contributed by atoms with E-state index in [4.69, 9.17) is 10.5 Å². The van der Waals surface area contributed by atoms with Crippen LogP contribution in [0, 0.1) is 0 Å². The summed E-state index contributed by atoms with van der Waals surface area (Å²) in [7, 11) is 0. The molecule has 1 aliphatic heterocycles. The van der Waals surface area contributed by atoms with Crippen molar-refractivity contribution < 1.29 is 4.74 Å². The van der Waals surface area contributed by atoms with E-state index >= 15 is 0 Å². The molecular weight excluding hydrogens is 216 g/mol. The Morgan fingerprint density at radius 2 is 2.53 bits per heavy atom. The highest BCUT2D eigenvalue weighted by atomic mass is 16.5. The average Bonchev–Trinajstić information content (AvgIpc) is 2.98. The summed E-state index contributed by atoms with van der Waals surface area (Å²) >= 11 is 0. The molecule has 0 amide bonds. The van der Waals surface area contributed by atoms with Gasteiger partial charge in [-0.2, -0.15) is 0 Å². The van der Waals surface area contributed by atoms with E-state index in [1.54, 1.807) is 0 Å². The molecule has 0 bridgehead atoms. The zero-order chi connectivity index (χ0) is 12.1. The largest absolute Gasteiger partial charge is 0.378 e. The Bertz CT molecular complexity index is 333. The van der Waals surface area contributed by atoms with Crippen LogP contribution in [-0.2, 0) is 11.3 Å². The normalized spacial score (nSPS) is 21.9. The second kappa shape index (κ2) is 6.12. The number of hydrogen-bond acceptors (Lipinski definition) is 4. The van der Waals surface area contributed by atoms with Gasteiger partial charge in [-0.05, 0) is 25.7 Å². The van der Waals surface area contributed by atoms with E-state index in [-0.39, 0.29) is 6.04 Å². The number of rotatable bonds is 6. The molecule has 2 rings (SSSR count). The zero-order valence-electron chi connectivity index (χ0n) is 10.5. The molecule has 0 radical (unpaired) electrons. The molecule has 1 aliphatic rings. The summed E-state index contributed by atoms with van der Waals surface area (Å²) < 4.78 is 7.46. The van der Waals surface area contributed by atoms with E-state index in [2.05, 4.69) is 17.2 Å². The van der Waals surface area contributed by atoms with Crippen LogP contribution in [0.25, 0.3) is 0 Å². The van der Waals surface area contributed by atoms with Gasteiger partial charge >= 0.3 is 0 Å². The quantitative estimate of drug-likeness (QED) is 0.818. The van der Waals surface area contributed by atoms with Crippen molar-refractivity contribution in [3.8, 4) is 0 Å². The van der Waals surface area contributed by atoms with E-state index < -0.39 is 0 Å². The summed E-state index contributed by atoms with van der Waals surface area (Å²) in [4.78, 5) is 0. The fraction of sp³-hybridized carbons (Fsp3) is 0.833. The Balaban J connectivity index is 1.80. The predicted octanol–water partition coefficient (Wildman–Crippen LogP) is 1.65. The summed E-state index contributed by atoms with van der Waals surface area (Å²) in [6, 6.07) is 0.0245. The van der Waals surface area contributed by atoms with Crippen LogP contribution in [0.5, 0.6) is 0 Å². The van der Waals surface area contributed by atoms with Crippen LogP contribution in [0.2, 0.25) is 0 Å². The SMILES string of the molecule is CCCC(N)c1cn(CCC2CCCO2)nn1. The van der Waals surface area contributed by atoms with E-state index in [1.807, 2.05) is 10.9 Å². The maximum absolute atomic E-state index is 6.00. The molecule has 5 nitrogen and oxygen atoms in total. The Morgan fingerprint density at radius 3 is 3.24 bits per heavy atom. The third-order valence-corrected chi connectivity index (χ3v) is 3.24. The highest BCUT2D eigenvalue weighted by molar-refractivity contribution is 4.99. The van der Waals surface area contributed by atoms with Crippen LogP contribution in [0.3, 0.4) is 0 Å². The fourth-order valence-electron chi connectivity index (χ4n) is 2.20. The van der Waals surface area contributed by atoms with Crippen molar-refractivity contribution >= 4 is 0 Å². The van der Waals surface area contributed by atoms with Gasteiger partial charge in [0.1, 0.15) is 0 Å². The molecule has 0 spiro atoms. The van der Waals surface area contributed by atoms with Gasteiger partial charge in [-0.25, -0.2) is 0 Å². The van der Waals surface area contributed by atoms with Crippen LogP contribution in [-0.4, -0.2) is 27.7 Å². The van der Waals surface area contributed by atoms with Gasteiger partial charge in [-0.3, -0.25) is 4.68 Å². The number of aryl methyl sites for hydroxylation is 1. The van der Waals surface area contributed by atoms with Gasteiger partial charge in [0.15, 0.2) is 0 Å². The molecular formula is C12H22N4O. The maximum atomic E-state index is 6.00. The van der Waals surface area contributed by atoms with Crippen molar-refractivity contribution in [3.05, 3.63) is 11.9 Å². The molecule has 96 valence electrons. The van der Waals surface area contributed by atoms with Gasteiger partial charge < -0.3 is 10.5 Å². The maximum Gasteiger partial charge on any atom is 0.0994 e. The highest BCUT2D eigenvalue weighted by Gasteiger charge is 2.16. The Hall–Kier alpha value is -0.940. The molecule has 5 heteroatoms. The van der Waals surface area contributed by atoms with E-state index in [0.717, 1.165) is 38.1 Å². The lowest BCUT2D eigenvalue weighted by atomic mass is 10.1. The molecule has 0 aromatic carbocycles. The first-order chi connectivity index (χ1) is 8.29. The van der Waals surface area contributed by atoms with Crippen molar-refractivity contribution in [2.45, 2.75) is 57.7 Å². The summed E-state index contributed by atoms with van der Waals surface area (Å²) in [5.41, 5.74) is 6.90. The first-order valence-electron chi connectivity index (χ1n) is 6.56. The number of hydrogen-bond donors (Lipinski definition) is 1. The van der Waals surface area contributed by atoms with Gasteiger partial charge in [0, 0.05) is 13.2 Å². The van der Waals surface area contributed by atoms with Gasteiger partial charge in [-0.1, -0.05) is 18.6 Å². The lowest BCUT2D eigenvalue weighted by Gasteiger charge is -2.08. The highest BCUT2D eigenvalue weighted by Crippen LogP contribution is 2.16. The first kappa shape index (κ1) is 12.5. The van der Waals surface area contributed by atoms with Gasteiger partial charge in [0.05, 0.1) is 24.0 Å². The van der Waals surface area contributed by atoms with Gasteiger partial charge in [-0.15, -0.1) is 5.10 Å². The van der Waals surface area contributed by atoms with Crippen molar-refractivity contribution in [2.24, 2.45) is 5.73 Å². The summed E-state index contributed by atoms with van der Waals surface area (Å²) in [5, 5.41) is 8.24. The summed E-state index contributed by atoms with van der Waals surface area (Å²) in [6.45, 7) is 3.91. The molecule has 2 atom stereocenters. The monoisotopic (exact) mass is 238 g/mol. The molecule has 0 aliphatic carbocycles. The summed E-state index contributed by atoms with van der Waals surface area (Å²) in [6.07, 6.45) is 7.80. The van der Waals surface area contributed by atoms with Crippen LogP contribution in [0.4, 0.5) is 0 Å². The van der Waals surface area contributed by atoms with Crippen LogP contribution >= 0.6 is 0 Å². The van der Waals surface area contributed by atoms with E-state index in [9.17, 15) is 0 Å². The molecule has 1 aromatic heterocycles. The Kier molecular flexibility index (Phi) is 4.50. The van der Waals surface area contributed by atoms with Crippen molar-refractivity contribution in [1.29, 1.82) is 0 Å². The fourth-order valence-corrected chi connectivity index (χ4v) is 2.20. The molecule has 1 fully saturated rings. The number of nitrogens with zero attached hydrogens (tertiary/aromatic N) is 3. The molecule has 1 aromatic rings. The van der Waals surface area contributed by atoms with Gasteiger partial charge in [0.25, 0.3) is 0 Å². The second-order valence-electron chi connectivity index (χ2n) is 4.73. The molecule has 2 N–H and O–H groups in total. The standard InChI is InChI=1S/C12H22N4O/c1-2-4-11(13)12-9-16(15-14-12)7-6-10-5-3-8-17-10/h9-11H,2-8,13H2,1H3. The third-order valence-electron chi connectivity index (χ3n) is 3.24. The van der Waals surface area contributed by atoms with Crippen molar-refractivity contribution in [2.75, 3.05) is 6.61 Å². The minimum absolute atomic E-state index is 0.0245. The van der Waals surface area contributed by atoms with Crippen LogP contribution in [0.1, 0.15) is 50.8 Å². The molecule has 2 heterocycles. The predicted molar refractivity (Wildman–Crippen MR) is 65.4 cm³/mol. The molecule has 2 unspecified atom stereocenters. The Labute approximate surface area is 102 Å². The second-order valence-corrected chi connectivity index (χ2v) is 4.73. The van der Waals surface area contributed by atoms with Crippen LogP contribution in [0.15, 0.2) is 6.20 Å². The molecule has 17 heavy (non-hydrogen) atoms. The third kappa shape index (κ3) is 3.51. The van der Waals surface area contributed by atoms with E-state index in [1.165, 1.54) is 12.8 Å². The number of aromatic nitrogens is 3. The van der Waals surface area contributed by atoms with E-state index in [0.29, 0.717) is 6.10 Å². The topological polar surface area (TPSA) is 66.0 Å².